The zero-order valence-corrected chi connectivity index (χ0v) is 14.0. The Hall–Kier alpha value is -0.630. The molecule has 1 N–H and O–H groups in total. The SMILES string of the molecule is CCn1cc(S(=O)(=O)N2CC(C)NC(C)C2)nc1C.Cl. The summed E-state index contributed by atoms with van der Waals surface area (Å²) in [5.41, 5.74) is 0. The normalized spacial score (nSPS) is 24.4. The highest BCUT2D eigenvalue weighted by molar-refractivity contribution is 7.89. The van der Waals surface area contributed by atoms with Crippen molar-refractivity contribution in [3.05, 3.63) is 12.0 Å². The Morgan fingerprint density at radius 2 is 1.90 bits per heavy atom. The zero-order chi connectivity index (χ0) is 14.2. The van der Waals surface area contributed by atoms with Gasteiger partial charge in [-0.25, -0.2) is 13.4 Å². The Kier molecular flexibility index (Phi) is 5.60. The zero-order valence-electron chi connectivity index (χ0n) is 12.3. The topological polar surface area (TPSA) is 67.2 Å². The first-order valence-electron chi connectivity index (χ1n) is 6.64. The average molecular weight is 323 g/mol. The summed E-state index contributed by atoms with van der Waals surface area (Å²) in [5, 5.41) is 3.49. The number of piperazine rings is 1. The van der Waals surface area contributed by atoms with Crippen molar-refractivity contribution in [2.75, 3.05) is 13.1 Å². The van der Waals surface area contributed by atoms with Gasteiger partial charge in [0.2, 0.25) is 0 Å². The smallest absolute Gasteiger partial charge is 0.262 e. The van der Waals surface area contributed by atoms with Gasteiger partial charge in [-0.15, -0.1) is 12.4 Å². The van der Waals surface area contributed by atoms with Crippen molar-refractivity contribution in [3.63, 3.8) is 0 Å². The van der Waals surface area contributed by atoms with Gasteiger partial charge in [-0.05, 0) is 27.7 Å². The van der Waals surface area contributed by atoms with E-state index in [1.165, 1.54) is 4.31 Å². The molecule has 8 heteroatoms. The number of halogens is 1. The van der Waals surface area contributed by atoms with E-state index in [4.69, 9.17) is 0 Å². The Balaban J connectivity index is 0.00000200. The van der Waals surface area contributed by atoms with Crippen LogP contribution in [0.25, 0.3) is 0 Å². The number of aromatic nitrogens is 2. The number of sulfonamides is 1. The van der Waals surface area contributed by atoms with E-state index in [9.17, 15) is 8.42 Å². The second kappa shape index (κ2) is 6.43. The molecular weight excluding hydrogens is 300 g/mol. The minimum atomic E-state index is -3.48. The fraction of sp³-hybridized carbons (Fsp3) is 0.750. The highest BCUT2D eigenvalue weighted by Crippen LogP contribution is 2.18. The lowest BCUT2D eigenvalue weighted by atomic mass is 10.2. The molecule has 2 rings (SSSR count). The van der Waals surface area contributed by atoms with Crippen molar-refractivity contribution < 1.29 is 8.42 Å². The lowest BCUT2D eigenvalue weighted by molar-refractivity contribution is 0.262. The Labute approximate surface area is 127 Å². The molecule has 0 radical (unpaired) electrons. The minimum Gasteiger partial charge on any atom is -0.334 e. The maximum atomic E-state index is 12.6. The lowest BCUT2D eigenvalue weighted by Crippen LogP contribution is -2.55. The number of hydrogen-bond acceptors (Lipinski definition) is 4. The third-order valence-corrected chi connectivity index (χ3v) is 5.13. The van der Waals surface area contributed by atoms with Crippen LogP contribution in [-0.4, -0.2) is 47.4 Å². The third-order valence-electron chi connectivity index (χ3n) is 3.42. The van der Waals surface area contributed by atoms with Gasteiger partial charge in [-0.1, -0.05) is 0 Å². The van der Waals surface area contributed by atoms with E-state index in [2.05, 4.69) is 10.3 Å². The van der Waals surface area contributed by atoms with Crippen molar-refractivity contribution in [3.8, 4) is 0 Å². The summed E-state index contributed by atoms with van der Waals surface area (Å²) in [6.07, 6.45) is 1.63. The molecule has 116 valence electrons. The molecule has 0 aliphatic carbocycles. The summed E-state index contributed by atoms with van der Waals surface area (Å²) < 4.78 is 28.5. The van der Waals surface area contributed by atoms with Crippen LogP contribution in [0.1, 0.15) is 26.6 Å². The molecule has 2 atom stereocenters. The second-order valence-corrected chi connectivity index (χ2v) is 7.09. The van der Waals surface area contributed by atoms with Crippen molar-refractivity contribution in [1.82, 2.24) is 19.2 Å². The molecule has 2 heterocycles. The van der Waals surface area contributed by atoms with Gasteiger partial charge in [0.25, 0.3) is 10.0 Å². The molecule has 1 aromatic heterocycles. The number of nitrogens with one attached hydrogen (secondary N) is 1. The van der Waals surface area contributed by atoms with Gasteiger partial charge in [0.05, 0.1) is 0 Å². The standard InChI is InChI=1S/C12H22N4O2S.ClH/c1-5-15-8-12(14-11(15)4)19(17,18)16-6-9(2)13-10(3)7-16;/h8-10,13H,5-7H2,1-4H3;1H. The van der Waals surface area contributed by atoms with Gasteiger partial charge in [0.15, 0.2) is 5.03 Å². The highest BCUT2D eigenvalue weighted by atomic mass is 35.5. The molecule has 1 saturated heterocycles. The van der Waals surface area contributed by atoms with Gasteiger partial charge in [0, 0.05) is 37.9 Å². The number of hydrogen-bond donors (Lipinski definition) is 1. The van der Waals surface area contributed by atoms with E-state index >= 15 is 0 Å². The van der Waals surface area contributed by atoms with Gasteiger partial charge in [0.1, 0.15) is 5.82 Å². The summed E-state index contributed by atoms with van der Waals surface area (Å²) in [6, 6.07) is 0.320. The van der Waals surface area contributed by atoms with E-state index in [-0.39, 0.29) is 29.5 Å². The first-order valence-corrected chi connectivity index (χ1v) is 8.08. The molecular formula is C12H23ClN4O2S. The first-order chi connectivity index (χ1) is 8.84. The molecule has 0 amide bonds. The predicted octanol–water partition coefficient (Wildman–Crippen LogP) is 1.00. The molecule has 0 bridgehead atoms. The summed E-state index contributed by atoms with van der Waals surface area (Å²) in [5.74, 6) is 0.734. The van der Waals surface area contributed by atoms with Gasteiger partial charge in [-0.3, -0.25) is 0 Å². The van der Waals surface area contributed by atoms with E-state index in [0.29, 0.717) is 13.1 Å². The number of nitrogens with zero attached hydrogens (tertiary/aromatic N) is 3. The predicted molar refractivity (Wildman–Crippen MR) is 80.7 cm³/mol. The van der Waals surface area contributed by atoms with E-state index in [0.717, 1.165) is 12.4 Å². The van der Waals surface area contributed by atoms with Crippen LogP contribution in [0.15, 0.2) is 11.2 Å². The van der Waals surface area contributed by atoms with Gasteiger partial charge < -0.3 is 9.88 Å². The second-order valence-electron chi connectivity index (χ2n) is 5.20. The Morgan fingerprint density at radius 3 is 2.35 bits per heavy atom. The fourth-order valence-corrected chi connectivity index (χ4v) is 4.14. The fourth-order valence-electron chi connectivity index (χ4n) is 2.53. The lowest BCUT2D eigenvalue weighted by Gasteiger charge is -2.34. The molecule has 1 aliphatic rings. The number of imidazole rings is 1. The third kappa shape index (κ3) is 3.33. The van der Waals surface area contributed by atoms with Gasteiger partial charge >= 0.3 is 0 Å². The van der Waals surface area contributed by atoms with Gasteiger partial charge in [-0.2, -0.15) is 4.31 Å². The summed E-state index contributed by atoms with van der Waals surface area (Å²) >= 11 is 0. The van der Waals surface area contributed by atoms with Crippen LogP contribution >= 0.6 is 12.4 Å². The van der Waals surface area contributed by atoms with Crippen LogP contribution in [-0.2, 0) is 16.6 Å². The molecule has 20 heavy (non-hydrogen) atoms. The monoisotopic (exact) mass is 322 g/mol. The molecule has 6 nitrogen and oxygen atoms in total. The van der Waals surface area contributed by atoms with E-state index in [1.54, 1.807) is 6.20 Å². The van der Waals surface area contributed by atoms with Crippen molar-refractivity contribution in [1.29, 1.82) is 0 Å². The van der Waals surface area contributed by atoms with Crippen LogP contribution in [0, 0.1) is 6.92 Å². The van der Waals surface area contributed by atoms with E-state index < -0.39 is 10.0 Å². The van der Waals surface area contributed by atoms with Crippen LogP contribution < -0.4 is 5.32 Å². The Morgan fingerprint density at radius 1 is 1.35 bits per heavy atom. The maximum Gasteiger partial charge on any atom is 0.262 e. The molecule has 1 fully saturated rings. The molecule has 1 aliphatic heterocycles. The van der Waals surface area contributed by atoms with Crippen molar-refractivity contribution in [2.45, 2.75) is 51.3 Å². The largest absolute Gasteiger partial charge is 0.334 e. The first kappa shape index (κ1) is 17.4. The van der Waals surface area contributed by atoms with Crippen LogP contribution in [0.3, 0.4) is 0 Å². The van der Waals surface area contributed by atoms with Crippen LogP contribution in [0.2, 0.25) is 0 Å². The average Bonchev–Trinajstić information content (AvgIpc) is 2.70. The van der Waals surface area contributed by atoms with Crippen molar-refractivity contribution >= 4 is 22.4 Å². The maximum absolute atomic E-state index is 12.6. The summed E-state index contributed by atoms with van der Waals surface area (Å²) in [4.78, 5) is 4.19. The van der Waals surface area contributed by atoms with Crippen LogP contribution in [0.5, 0.6) is 0 Å². The molecule has 0 aromatic carbocycles. The minimum absolute atomic E-state index is 0. The summed E-state index contributed by atoms with van der Waals surface area (Å²) in [6.45, 7) is 9.49. The highest BCUT2D eigenvalue weighted by Gasteiger charge is 2.33. The quantitative estimate of drug-likeness (QED) is 0.901. The Bertz CT molecular complexity index is 548. The van der Waals surface area contributed by atoms with Crippen LogP contribution in [0.4, 0.5) is 0 Å². The number of aryl methyl sites for hydroxylation is 2. The molecule has 1 aromatic rings. The molecule has 0 spiro atoms. The summed E-state index contributed by atoms with van der Waals surface area (Å²) in [7, 11) is -3.48. The molecule has 2 unspecified atom stereocenters. The molecule has 0 saturated carbocycles. The number of rotatable bonds is 3. The van der Waals surface area contributed by atoms with E-state index in [1.807, 2.05) is 32.3 Å². The van der Waals surface area contributed by atoms with Crippen molar-refractivity contribution in [2.24, 2.45) is 0 Å².